The SMILES string of the molecule is C#CCNC(=O)OC(C)(C)C.CC(C)n1cnc2cnc3ccc(C#CCN)cc3c21.CC(C)n1cnc2cnc3ccc(C#CCNC(=O)OC(C)(C)C)cc3c21.CC(C)n1cnc2cnc3ccc(I)cc3c21. The molecule has 0 spiro atoms. The predicted molar refractivity (Wildman–Crippen MR) is 309 cm³/mol. The van der Waals surface area contributed by atoms with E-state index in [1.54, 1.807) is 27.0 Å². The summed E-state index contributed by atoms with van der Waals surface area (Å²) in [4.78, 5) is 49.1. The second-order valence-corrected chi connectivity index (χ2v) is 21.3. The van der Waals surface area contributed by atoms with Crippen molar-refractivity contribution in [3.8, 4) is 36.0 Å². The van der Waals surface area contributed by atoms with Crippen LogP contribution in [0.15, 0.2) is 92.2 Å². The average molecular weight is 1120 g/mol. The van der Waals surface area contributed by atoms with Gasteiger partial charge >= 0.3 is 12.2 Å². The van der Waals surface area contributed by atoms with Crippen molar-refractivity contribution in [3.63, 3.8) is 0 Å². The van der Waals surface area contributed by atoms with E-state index in [9.17, 15) is 9.59 Å². The van der Waals surface area contributed by atoms with Gasteiger partial charge in [0.15, 0.2) is 0 Å². The number of fused-ring (bicyclic) bond motifs is 9. The number of hydrogen-bond donors (Lipinski definition) is 3. The van der Waals surface area contributed by atoms with Gasteiger partial charge in [0, 0.05) is 49.0 Å². The Balaban J connectivity index is 0.000000170. The molecule has 0 unspecified atom stereocenters. The molecule has 0 aliphatic heterocycles. The van der Waals surface area contributed by atoms with Crippen LogP contribution in [0.25, 0.3) is 65.8 Å². The van der Waals surface area contributed by atoms with Crippen molar-refractivity contribution >= 4 is 101 Å². The van der Waals surface area contributed by atoms with Crippen molar-refractivity contribution in [2.75, 3.05) is 19.6 Å². The van der Waals surface area contributed by atoms with Crippen LogP contribution in [-0.2, 0) is 9.47 Å². The van der Waals surface area contributed by atoms with Gasteiger partial charge in [0.05, 0.1) is 90.3 Å². The van der Waals surface area contributed by atoms with Crippen LogP contribution in [0.1, 0.15) is 112 Å². The standard InChI is InChI=1S/C21H24N4O2.C16H16N4.C13H12IN3.C8H13NO2/c1-14(2)25-13-24-18-12-23-17-9-8-15(11-16(17)19(18)25)7-6-10-22-20(26)27-21(3,4)5;1-11(2)20-10-19-15-9-18-14-6-5-12(4-3-7-17)8-13(14)16(15)20;1-8(2)17-7-16-12-6-15-11-4-3-9(14)5-10(11)13(12)17;1-5-6-9-7(10)11-8(2,3)4/h8-9,11-14H,10H2,1-5H3,(H,22,26);5-6,8-11H,7,17H2,1-2H3;3-8H,1-2H3;1H,6H2,2-4H3,(H,9,10). The number of amides is 2. The Labute approximate surface area is 452 Å². The van der Waals surface area contributed by atoms with Crippen molar-refractivity contribution in [3.05, 3.63) is 107 Å². The molecule has 0 atom stereocenters. The number of carbonyl (C=O) groups excluding carboxylic acids is 2. The molecule has 0 saturated carbocycles. The molecule has 9 aromatic rings. The zero-order valence-electron chi connectivity index (χ0n) is 44.7. The van der Waals surface area contributed by atoms with Crippen LogP contribution >= 0.6 is 22.6 Å². The summed E-state index contributed by atoms with van der Waals surface area (Å²) >= 11 is 2.33. The van der Waals surface area contributed by atoms with E-state index in [2.05, 4.69) is 172 Å². The zero-order valence-corrected chi connectivity index (χ0v) is 46.9. The number of rotatable bonds is 5. The third kappa shape index (κ3) is 15.2. The van der Waals surface area contributed by atoms with Crippen LogP contribution in [0.5, 0.6) is 0 Å². The van der Waals surface area contributed by atoms with Gasteiger partial charge in [-0.2, -0.15) is 0 Å². The molecule has 0 aliphatic rings. The minimum absolute atomic E-state index is 0.203. The predicted octanol–water partition coefficient (Wildman–Crippen LogP) is 11.4. The Morgan fingerprint density at radius 1 is 0.573 bits per heavy atom. The van der Waals surface area contributed by atoms with Crippen LogP contribution in [-0.4, -0.2) is 86.6 Å². The molecule has 388 valence electrons. The number of pyridine rings is 3. The fourth-order valence-electron chi connectivity index (χ4n) is 7.62. The van der Waals surface area contributed by atoms with Gasteiger partial charge in [0.1, 0.15) is 27.8 Å². The summed E-state index contributed by atoms with van der Waals surface area (Å²) < 4.78 is 17.8. The molecule has 4 N–H and O–H groups in total. The first kappa shape index (κ1) is 56.5. The molecular formula is C58H65IN12O4. The van der Waals surface area contributed by atoms with Gasteiger partial charge in [-0.05, 0) is 160 Å². The Morgan fingerprint density at radius 2 is 0.947 bits per heavy atom. The summed E-state index contributed by atoms with van der Waals surface area (Å²) in [5, 5.41) is 8.31. The lowest BCUT2D eigenvalue weighted by atomic mass is 10.1. The molecular weight excluding hydrogens is 1060 g/mol. The number of nitrogens with two attached hydrogens (primary N) is 1. The molecule has 0 fully saturated rings. The summed E-state index contributed by atoms with van der Waals surface area (Å²) in [6, 6.07) is 19.3. The highest BCUT2D eigenvalue weighted by atomic mass is 127. The fraction of sp³-hybridized carbons (Fsp3) is 0.345. The highest BCUT2D eigenvalue weighted by molar-refractivity contribution is 14.1. The minimum atomic E-state index is -0.520. The van der Waals surface area contributed by atoms with Gasteiger partial charge in [-0.15, -0.1) is 6.42 Å². The topological polar surface area (TPSA) is 195 Å². The first-order chi connectivity index (χ1) is 35.6. The van der Waals surface area contributed by atoms with Gasteiger partial charge < -0.3 is 39.5 Å². The number of carbonyl (C=O) groups is 2. The molecule has 0 aliphatic carbocycles. The first-order valence-corrected chi connectivity index (χ1v) is 25.6. The third-order valence-electron chi connectivity index (χ3n) is 10.9. The van der Waals surface area contributed by atoms with Crippen LogP contribution < -0.4 is 16.4 Å². The molecule has 9 rings (SSSR count). The maximum Gasteiger partial charge on any atom is 0.408 e. The lowest BCUT2D eigenvalue weighted by molar-refractivity contribution is 0.0523. The van der Waals surface area contributed by atoms with Gasteiger partial charge in [-0.25, -0.2) is 24.5 Å². The lowest BCUT2D eigenvalue weighted by Crippen LogP contribution is -2.32. The van der Waals surface area contributed by atoms with E-state index >= 15 is 0 Å². The highest BCUT2D eigenvalue weighted by Gasteiger charge is 2.17. The molecule has 0 bridgehead atoms. The minimum Gasteiger partial charge on any atom is -0.444 e. The van der Waals surface area contributed by atoms with Crippen LogP contribution in [0.3, 0.4) is 0 Å². The molecule has 0 radical (unpaired) electrons. The van der Waals surface area contributed by atoms with Crippen molar-refractivity contribution in [1.29, 1.82) is 0 Å². The quantitative estimate of drug-likeness (QED) is 0.110. The van der Waals surface area contributed by atoms with Crippen LogP contribution in [0, 0.1) is 39.6 Å². The van der Waals surface area contributed by atoms with Crippen molar-refractivity contribution in [2.24, 2.45) is 5.73 Å². The van der Waals surface area contributed by atoms with E-state index in [0.717, 1.165) is 66.0 Å². The molecule has 75 heavy (non-hydrogen) atoms. The number of benzene rings is 3. The van der Waals surface area contributed by atoms with Gasteiger partial charge in [-0.3, -0.25) is 15.0 Å². The van der Waals surface area contributed by atoms with Crippen LogP contribution in [0.2, 0.25) is 0 Å². The number of imidazole rings is 3. The summed E-state index contributed by atoms with van der Waals surface area (Å²) in [5.41, 5.74) is 15.3. The average Bonchev–Trinajstić information content (AvgIpc) is 4.12. The van der Waals surface area contributed by atoms with Gasteiger partial charge in [0.2, 0.25) is 0 Å². The molecule has 6 aromatic heterocycles. The van der Waals surface area contributed by atoms with E-state index in [4.69, 9.17) is 21.6 Å². The fourth-order valence-corrected chi connectivity index (χ4v) is 8.11. The Hall–Kier alpha value is -7.79. The molecule has 3 aromatic carbocycles. The molecule has 16 nitrogen and oxygen atoms in total. The number of ether oxygens (including phenoxy) is 2. The van der Waals surface area contributed by atoms with Crippen molar-refractivity contribution in [2.45, 2.75) is 112 Å². The Kier molecular flexibility index (Phi) is 18.8. The second kappa shape index (κ2) is 25.0. The monoisotopic (exact) mass is 1120 g/mol. The highest BCUT2D eigenvalue weighted by Crippen LogP contribution is 2.29. The van der Waals surface area contributed by atoms with Gasteiger partial charge in [0.25, 0.3) is 0 Å². The molecule has 17 heteroatoms. The maximum atomic E-state index is 11.6. The van der Waals surface area contributed by atoms with Crippen LogP contribution in [0.4, 0.5) is 9.59 Å². The number of terminal acetylenes is 1. The molecule has 0 saturated heterocycles. The summed E-state index contributed by atoms with van der Waals surface area (Å²) in [6.45, 7) is 24.5. The summed E-state index contributed by atoms with van der Waals surface area (Å²) in [6.07, 6.45) is 15.1. The second-order valence-electron chi connectivity index (χ2n) is 20.1. The largest absolute Gasteiger partial charge is 0.444 e. The number of aromatic nitrogens is 9. The number of hydrogen-bond acceptors (Lipinski definition) is 11. The van der Waals surface area contributed by atoms with Crippen molar-refractivity contribution in [1.82, 2.24) is 54.2 Å². The first-order valence-electron chi connectivity index (χ1n) is 24.5. The van der Waals surface area contributed by atoms with E-state index < -0.39 is 23.4 Å². The summed E-state index contributed by atoms with van der Waals surface area (Å²) in [7, 11) is 0. The number of nitrogens with zero attached hydrogens (tertiary/aromatic N) is 9. The normalized spacial score (nSPS) is 11.2. The van der Waals surface area contributed by atoms with E-state index in [1.807, 2.05) is 82.5 Å². The number of halogens is 1. The van der Waals surface area contributed by atoms with Gasteiger partial charge in [-0.1, -0.05) is 29.6 Å². The van der Waals surface area contributed by atoms with Crippen molar-refractivity contribution < 1.29 is 19.1 Å². The molecule has 6 heterocycles. The number of alkyl carbamates (subject to hydrolysis) is 2. The smallest absolute Gasteiger partial charge is 0.408 e. The van der Waals surface area contributed by atoms with E-state index in [1.165, 1.54) is 14.5 Å². The molecule has 2 amide bonds. The third-order valence-corrected chi connectivity index (χ3v) is 11.5. The zero-order chi connectivity index (χ0) is 54.6. The Bertz CT molecular complexity index is 3660. The lowest BCUT2D eigenvalue weighted by Gasteiger charge is -2.19. The number of nitrogens with one attached hydrogen (secondary N) is 2. The van der Waals surface area contributed by atoms with E-state index in [-0.39, 0.29) is 13.1 Å². The van der Waals surface area contributed by atoms with E-state index in [0.29, 0.717) is 24.7 Å². The summed E-state index contributed by atoms with van der Waals surface area (Å²) in [5.74, 6) is 14.3. The Morgan fingerprint density at radius 3 is 1.32 bits per heavy atom. The maximum absolute atomic E-state index is 11.6.